The molecule has 0 radical (unpaired) electrons. The number of benzene rings is 1. The van der Waals surface area contributed by atoms with Crippen LogP contribution in [0.4, 0.5) is 32.4 Å². The molecule has 3 aliphatic rings. The van der Waals surface area contributed by atoms with Gasteiger partial charge in [0.25, 0.3) is 17.7 Å². The summed E-state index contributed by atoms with van der Waals surface area (Å²) in [6, 6.07) is 1.80. The van der Waals surface area contributed by atoms with E-state index in [4.69, 9.17) is 11.6 Å². The number of aromatic nitrogens is 4. The van der Waals surface area contributed by atoms with Gasteiger partial charge >= 0.3 is 12.2 Å². The Morgan fingerprint density at radius 2 is 1.81 bits per heavy atom. The van der Waals surface area contributed by atoms with Crippen molar-refractivity contribution in [1.82, 2.24) is 40.2 Å². The average Bonchev–Trinajstić information content (AvgIpc) is 3.41. The number of carbonyl (C=O) groups is 3. The van der Waals surface area contributed by atoms with Crippen LogP contribution in [0.3, 0.4) is 0 Å². The fourth-order valence-corrected chi connectivity index (χ4v) is 6.09. The van der Waals surface area contributed by atoms with Gasteiger partial charge < -0.3 is 35.8 Å². The quantitative estimate of drug-likeness (QED) is 0.237. The van der Waals surface area contributed by atoms with E-state index in [1.165, 1.54) is 25.2 Å². The molecule has 3 atom stereocenters. The van der Waals surface area contributed by atoms with Crippen LogP contribution in [0.2, 0.25) is 5.02 Å². The van der Waals surface area contributed by atoms with Gasteiger partial charge in [-0.15, -0.1) is 0 Å². The zero-order valence-corrected chi connectivity index (χ0v) is 26.1. The molecule has 4 amide bonds. The maximum absolute atomic E-state index is 13.7. The number of aliphatic hydroxyl groups excluding tert-OH is 1. The molecule has 6 rings (SSSR count). The molecule has 4 heterocycles. The zero-order chi connectivity index (χ0) is 34.5. The van der Waals surface area contributed by atoms with Crippen LogP contribution in [-0.2, 0) is 13.2 Å². The lowest BCUT2D eigenvalue weighted by molar-refractivity contribution is -0.141. The summed E-state index contributed by atoms with van der Waals surface area (Å²) in [5, 5.41) is 24.5. The number of hydrogen-bond donors (Lipinski definition) is 5. The Balaban J connectivity index is 1.06. The second kappa shape index (κ2) is 12.6. The topological polar surface area (TPSA) is 158 Å². The number of piperidine rings is 1. The second-order valence-electron chi connectivity index (χ2n) is 12.0. The number of nitrogens with one attached hydrogen (secondary N) is 4. The van der Waals surface area contributed by atoms with Crippen molar-refractivity contribution in [3.05, 3.63) is 52.7 Å². The smallest absolute Gasteiger partial charge is 0.390 e. The zero-order valence-electron chi connectivity index (χ0n) is 25.3. The third-order valence-electron chi connectivity index (χ3n) is 8.66. The van der Waals surface area contributed by atoms with Gasteiger partial charge in [0.1, 0.15) is 6.04 Å². The lowest BCUT2D eigenvalue weighted by atomic mass is 10.0. The van der Waals surface area contributed by atoms with Crippen LogP contribution in [0, 0.1) is 0 Å². The number of nitrogens with zero attached hydrogens (tertiary/aromatic N) is 5. The van der Waals surface area contributed by atoms with Gasteiger partial charge in [-0.3, -0.25) is 14.3 Å². The Hall–Kier alpha value is -4.29. The fourth-order valence-electron chi connectivity index (χ4n) is 5.82. The predicted octanol–water partition coefficient (Wildman–Crippen LogP) is 3.02. The number of β-amino-alcohol motifs (C(OH)–C–C–N with tert-alkyl or cyclic N) is 1. The Morgan fingerprint density at radius 1 is 1.10 bits per heavy atom. The third-order valence-corrected chi connectivity index (χ3v) is 8.97. The van der Waals surface area contributed by atoms with E-state index in [-0.39, 0.29) is 45.9 Å². The number of alkyl halides is 5. The summed E-state index contributed by atoms with van der Waals surface area (Å²) in [7, 11) is 1.30. The molecule has 0 spiro atoms. The third kappa shape index (κ3) is 6.82. The average molecular weight is 700 g/mol. The molecule has 1 aromatic carbocycles. The van der Waals surface area contributed by atoms with Crippen LogP contribution in [0.25, 0.3) is 11.3 Å². The van der Waals surface area contributed by atoms with E-state index in [1.54, 1.807) is 4.90 Å². The molecular formula is C29H31ClF5N9O4. The van der Waals surface area contributed by atoms with Crippen LogP contribution in [0.5, 0.6) is 0 Å². The number of halogens is 6. The van der Waals surface area contributed by atoms with Gasteiger partial charge in [0.2, 0.25) is 0 Å². The van der Waals surface area contributed by atoms with Crippen LogP contribution < -0.4 is 21.3 Å². The molecule has 1 aliphatic carbocycles. The number of aliphatic hydroxyl groups is 1. The van der Waals surface area contributed by atoms with Gasteiger partial charge in [-0.2, -0.15) is 18.3 Å². The maximum atomic E-state index is 13.7. The maximum Gasteiger partial charge on any atom is 0.435 e. The summed E-state index contributed by atoms with van der Waals surface area (Å²) in [5.41, 5.74) is -1.74. The molecule has 1 unspecified atom stereocenters. The highest BCUT2D eigenvalue weighted by Crippen LogP contribution is 2.53. The van der Waals surface area contributed by atoms with Crippen molar-refractivity contribution in [2.75, 3.05) is 31.5 Å². The van der Waals surface area contributed by atoms with Crippen molar-refractivity contribution in [1.29, 1.82) is 0 Å². The molecule has 5 N–H and O–H groups in total. The summed E-state index contributed by atoms with van der Waals surface area (Å²) in [4.78, 5) is 44.1. The molecule has 3 aromatic rings. The first-order valence-corrected chi connectivity index (χ1v) is 15.4. The molecule has 2 saturated heterocycles. The minimum atomic E-state index is -4.95. The van der Waals surface area contributed by atoms with Crippen molar-refractivity contribution in [3.63, 3.8) is 0 Å². The standard InChI is InChI=1S/C29H31ClF5N9O4/c1-42-20(17-13-44(22-9-28(22,31)32)41-23(17)29(33,34)35)11-37-24(42)26(47)39-15-2-3-16(18(30)8-15)25(46)38-14-4-6-43(7-5-14)27(48)40-19-10-36-12-21(19)45/h2-3,8,11,13-14,19,21-22,36,45H,4-7,9-10,12H2,1H3,(H,38,46)(H,39,47)(H,40,48)/t19-,21-,22?/m0/s1. The largest absolute Gasteiger partial charge is 0.435 e. The van der Waals surface area contributed by atoms with Gasteiger partial charge in [-0.05, 0) is 31.0 Å². The molecule has 3 fully saturated rings. The van der Waals surface area contributed by atoms with Gasteiger partial charge in [-0.1, -0.05) is 11.6 Å². The summed E-state index contributed by atoms with van der Waals surface area (Å²) >= 11 is 6.37. The fraction of sp³-hybridized carbons (Fsp3) is 0.483. The van der Waals surface area contributed by atoms with Crippen molar-refractivity contribution in [2.45, 2.75) is 55.6 Å². The summed E-state index contributed by atoms with van der Waals surface area (Å²) in [6.45, 7) is 1.70. The first-order valence-electron chi connectivity index (χ1n) is 15.0. The van der Waals surface area contributed by atoms with E-state index in [1.807, 2.05) is 0 Å². The number of rotatable bonds is 7. The van der Waals surface area contributed by atoms with E-state index in [0.717, 1.165) is 17.0 Å². The lowest BCUT2D eigenvalue weighted by Crippen LogP contribution is -2.53. The van der Waals surface area contributed by atoms with Gasteiger partial charge in [0.05, 0.1) is 40.2 Å². The predicted molar refractivity (Wildman–Crippen MR) is 161 cm³/mol. The highest BCUT2D eigenvalue weighted by atomic mass is 35.5. The Morgan fingerprint density at radius 3 is 2.42 bits per heavy atom. The lowest BCUT2D eigenvalue weighted by Gasteiger charge is -2.33. The minimum absolute atomic E-state index is 0.0190. The molecule has 13 nitrogen and oxygen atoms in total. The molecule has 0 bridgehead atoms. The molecule has 258 valence electrons. The van der Waals surface area contributed by atoms with Crippen molar-refractivity contribution in [2.24, 2.45) is 7.05 Å². The minimum Gasteiger partial charge on any atom is -0.390 e. The Bertz CT molecular complexity index is 1740. The van der Waals surface area contributed by atoms with E-state index in [2.05, 4.69) is 31.3 Å². The number of hydrogen-bond acceptors (Lipinski definition) is 7. The van der Waals surface area contributed by atoms with Crippen molar-refractivity contribution >= 4 is 35.1 Å². The summed E-state index contributed by atoms with van der Waals surface area (Å²) < 4.78 is 70.0. The summed E-state index contributed by atoms with van der Waals surface area (Å²) in [5.74, 6) is -4.70. The molecule has 2 aliphatic heterocycles. The molecule has 1 saturated carbocycles. The Labute approximate surface area is 274 Å². The van der Waals surface area contributed by atoms with E-state index >= 15 is 0 Å². The van der Waals surface area contributed by atoms with Gasteiger partial charge in [0, 0.05) is 57.6 Å². The first kappa shape index (κ1) is 33.6. The van der Waals surface area contributed by atoms with E-state index in [9.17, 15) is 41.4 Å². The van der Waals surface area contributed by atoms with E-state index in [0.29, 0.717) is 43.7 Å². The van der Waals surface area contributed by atoms with Crippen molar-refractivity contribution < 1.29 is 41.4 Å². The molecular weight excluding hydrogens is 669 g/mol. The van der Waals surface area contributed by atoms with Gasteiger partial charge in [0.15, 0.2) is 11.5 Å². The van der Waals surface area contributed by atoms with Crippen LogP contribution in [0.1, 0.15) is 52.0 Å². The second-order valence-corrected chi connectivity index (χ2v) is 12.4. The van der Waals surface area contributed by atoms with E-state index < -0.39 is 53.7 Å². The van der Waals surface area contributed by atoms with Crippen LogP contribution in [0.15, 0.2) is 30.6 Å². The highest BCUT2D eigenvalue weighted by molar-refractivity contribution is 6.34. The number of anilines is 1. The highest BCUT2D eigenvalue weighted by Gasteiger charge is 2.59. The number of carbonyl (C=O) groups excluding carboxylic acids is 3. The molecule has 19 heteroatoms. The van der Waals surface area contributed by atoms with Gasteiger partial charge in [-0.25, -0.2) is 18.6 Å². The monoisotopic (exact) mass is 699 g/mol. The number of urea groups is 1. The summed E-state index contributed by atoms with van der Waals surface area (Å²) in [6.07, 6.45) is -3.33. The SMILES string of the molecule is Cn1c(-c2cn(C3CC3(F)F)nc2C(F)(F)F)cnc1C(=O)Nc1ccc(C(=O)NC2CCN(C(=O)N[C@H]3CNC[C@@H]3O)CC2)c(Cl)c1. The van der Waals surface area contributed by atoms with Crippen molar-refractivity contribution in [3.8, 4) is 11.3 Å². The number of likely N-dealkylation sites (tertiary alicyclic amines) is 1. The first-order chi connectivity index (χ1) is 22.6. The van der Waals surface area contributed by atoms with Crippen LogP contribution in [-0.4, -0.2) is 97.5 Å². The van der Waals surface area contributed by atoms with Crippen LogP contribution >= 0.6 is 11.6 Å². The Kier molecular flexibility index (Phi) is 8.84. The molecule has 48 heavy (non-hydrogen) atoms. The molecule has 2 aromatic heterocycles. The normalized spacial score (nSPS) is 22.4. The number of amides is 4. The number of imidazole rings is 1.